The van der Waals surface area contributed by atoms with Crippen molar-refractivity contribution in [3.63, 3.8) is 0 Å². The van der Waals surface area contributed by atoms with Crippen LogP contribution in [0.2, 0.25) is 0 Å². The van der Waals surface area contributed by atoms with E-state index in [1.807, 2.05) is 0 Å². The summed E-state index contributed by atoms with van der Waals surface area (Å²) in [5, 5.41) is 14.0. The molecule has 9 heteroatoms. The van der Waals surface area contributed by atoms with Crippen LogP contribution in [0.25, 0.3) is 0 Å². The fourth-order valence-electron chi connectivity index (χ4n) is 2.60. The first-order valence-electron chi connectivity index (χ1n) is 8.59. The number of aryl methyl sites for hydroxylation is 1. The molecule has 0 aliphatic heterocycles. The standard InChI is InChI=1S/C19H21N3O6/c1-12(2)28-18(24)11-15(14-6-4-5-7-16(14)22(26)27)20-19(25)13-8-9-21(3)17(23)10-13/h4-10,12,15H,11H2,1-3H3,(H,20,25). The van der Waals surface area contributed by atoms with Gasteiger partial charge < -0.3 is 14.6 Å². The highest BCUT2D eigenvalue weighted by Crippen LogP contribution is 2.27. The van der Waals surface area contributed by atoms with E-state index in [4.69, 9.17) is 4.74 Å². The number of carbonyl (C=O) groups is 2. The maximum atomic E-state index is 12.6. The van der Waals surface area contributed by atoms with Crippen molar-refractivity contribution in [1.29, 1.82) is 0 Å². The summed E-state index contributed by atoms with van der Waals surface area (Å²) in [7, 11) is 1.54. The molecule has 2 rings (SSSR count). The number of nitrogens with one attached hydrogen (secondary N) is 1. The minimum atomic E-state index is -0.996. The van der Waals surface area contributed by atoms with Crippen LogP contribution in [-0.2, 0) is 16.6 Å². The number of ether oxygens (including phenoxy) is 1. The Morgan fingerprint density at radius 3 is 2.54 bits per heavy atom. The molecule has 9 nitrogen and oxygen atoms in total. The fourth-order valence-corrected chi connectivity index (χ4v) is 2.60. The van der Waals surface area contributed by atoms with Crippen molar-refractivity contribution in [3.8, 4) is 0 Å². The number of hydrogen-bond donors (Lipinski definition) is 1. The number of para-hydroxylation sites is 1. The normalized spacial score (nSPS) is 11.7. The second kappa shape index (κ2) is 8.94. The van der Waals surface area contributed by atoms with Gasteiger partial charge in [-0.15, -0.1) is 0 Å². The number of hydrogen-bond acceptors (Lipinski definition) is 6. The highest BCUT2D eigenvalue weighted by atomic mass is 16.6. The van der Waals surface area contributed by atoms with Crippen molar-refractivity contribution in [2.45, 2.75) is 32.4 Å². The highest BCUT2D eigenvalue weighted by molar-refractivity contribution is 5.94. The van der Waals surface area contributed by atoms with Gasteiger partial charge in [-0.05, 0) is 19.9 Å². The summed E-state index contributed by atoms with van der Waals surface area (Å²) in [6.07, 6.45) is 0.774. The average Bonchev–Trinajstić information content (AvgIpc) is 2.62. The largest absolute Gasteiger partial charge is 0.463 e. The van der Waals surface area contributed by atoms with E-state index in [9.17, 15) is 24.5 Å². The molecule has 0 aliphatic rings. The van der Waals surface area contributed by atoms with Crippen LogP contribution < -0.4 is 10.9 Å². The van der Waals surface area contributed by atoms with E-state index < -0.39 is 22.8 Å². The summed E-state index contributed by atoms with van der Waals surface area (Å²) in [6, 6.07) is 7.43. The summed E-state index contributed by atoms with van der Waals surface area (Å²) in [4.78, 5) is 47.3. The van der Waals surface area contributed by atoms with E-state index in [2.05, 4.69) is 5.32 Å². The zero-order valence-corrected chi connectivity index (χ0v) is 15.7. The molecule has 1 amide bonds. The van der Waals surface area contributed by atoms with Gasteiger partial charge in [-0.25, -0.2) is 0 Å². The van der Waals surface area contributed by atoms with Gasteiger partial charge in [0.1, 0.15) is 0 Å². The first kappa shape index (κ1) is 20.8. The molecule has 1 N–H and O–H groups in total. The van der Waals surface area contributed by atoms with Crippen molar-refractivity contribution in [2.24, 2.45) is 7.05 Å². The number of pyridine rings is 1. The van der Waals surface area contributed by atoms with Crippen LogP contribution in [0.4, 0.5) is 5.69 Å². The molecule has 2 aromatic rings. The van der Waals surface area contributed by atoms with Crippen molar-refractivity contribution in [2.75, 3.05) is 0 Å². The maximum Gasteiger partial charge on any atom is 0.308 e. The monoisotopic (exact) mass is 387 g/mol. The van der Waals surface area contributed by atoms with E-state index >= 15 is 0 Å². The number of benzene rings is 1. The lowest BCUT2D eigenvalue weighted by atomic mass is 10.0. The smallest absolute Gasteiger partial charge is 0.308 e. The third-order valence-corrected chi connectivity index (χ3v) is 3.92. The first-order chi connectivity index (χ1) is 13.2. The Kier molecular flexibility index (Phi) is 6.64. The molecule has 0 aliphatic carbocycles. The molecule has 0 fully saturated rings. The molecule has 28 heavy (non-hydrogen) atoms. The van der Waals surface area contributed by atoms with Crippen molar-refractivity contribution >= 4 is 17.6 Å². The zero-order valence-electron chi connectivity index (χ0n) is 15.7. The van der Waals surface area contributed by atoms with Gasteiger partial charge in [-0.1, -0.05) is 18.2 Å². The Labute approximate surface area is 161 Å². The number of amides is 1. The Balaban J connectivity index is 2.36. The Bertz CT molecular complexity index is 951. The summed E-state index contributed by atoms with van der Waals surface area (Å²) in [6.45, 7) is 3.35. The van der Waals surface area contributed by atoms with Gasteiger partial charge in [-0.2, -0.15) is 0 Å². The van der Waals surface area contributed by atoms with Crippen molar-refractivity contribution in [3.05, 3.63) is 74.2 Å². The molecule has 148 valence electrons. The van der Waals surface area contributed by atoms with Crippen LogP contribution in [0.3, 0.4) is 0 Å². The molecular weight excluding hydrogens is 366 g/mol. The molecule has 1 atom stereocenters. The van der Waals surface area contributed by atoms with Crippen LogP contribution in [0.15, 0.2) is 47.4 Å². The number of carbonyl (C=O) groups excluding carboxylic acids is 2. The number of rotatable bonds is 7. The Morgan fingerprint density at radius 2 is 1.93 bits per heavy atom. The van der Waals surface area contributed by atoms with E-state index in [-0.39, 0.29) is 34.9 Å². The van der Waals surface area contributed by atoms with Crippen LogP contribution >= 0.6 is 0 Å². The molecule has 1 aromatic carbocycles. The SMILES string of the molecule is CC(C)OC(=O)CC(NC(=O)c1ccn(C)c(=O)c1)c1ccccc1[N+](=O)[O-]. The van der Waals surface area contributed by atoms with Gasteiger partial charge in [0.05, 0.1) is 29.1 Å². The molecule has 0 saturated carbocycles. The van der Waals surface area contributed by atoms with Gasteiger partial charge in [0, 0.05) is 30.9 Å². The lowest BCUT2D eigenvalue weighted by Gasteiger charge is -2.19. The molecule has 1 heterocycles. The third kappa shape index (κ3) is 5.26. The van der Waals surface area contributed by atoms with Crippen LogP contribution in [0.5, 0.6) is 0 Å². The second-order valence-electron chi connectivity index (χ2n) is 6.45. The Hall–Kier alpha value is -3.49. The lowest BCUT2D eigenvalue weighted by Crippen LogP contribution is -2.32. The van der Waals surface area contributed by atoms with Crippen LogP contribution in [0.1, 0.15) is 42.2 Å². The molecule has 1 unspecified atom stereocenters. The number of nitrogens with zero attached hydrogens (tertiary/aromatic N) is 2. The summed E-state index contributed by atoms with van der Waals surface area (Å²) >= 11 is 0. The van der Waals surface area contributed by atoms with E-state index in [1.165, 1.54) is 35.0 Å². The van der Waals surface area contributed by atoms with Gasteiger partial charge in [0.15, 0.2) is 0 Å². The summed E-state index contributed by atoms with van der Waals surface area (Å²) in [5.41, 5.74) is -0.350. The molecule has 0 spiro atoms. The predicted octanol–water partition coefficient (Wildman–Crippen LogP) is 2.11. The predicted molar refractivity (Wildman–Crippen MR) is 101 cm³/mol. The minimum absolute atomic E-state index is 0.0870. The number of nitro groups is 1. The van der Waals surface area contributed by atoms with Crippen LogP contribution in [0, 0.1) is 10.1 Å². The number of esters is 1. The highest BCUT2D eigenvalue weighted by Gasteiger charge is 2.27. The van der Waals surface area contributed by atoms with E-state index in [0.717, 1.165) is 6.07 Å². The molecule has 1 aromatic heterocycles. The quantitative estimate of drug-likeness (QED) is 0.441. The zero-order chi connectivity index (χ0) is 20.8. The number of aromatic nitrogens is 1. The molecule has 0 bridgehead atoms. The summed E-state index contributed by atoms with van der Waals surface area (Å²) in [5.74, 6) is -1.24. The first-order valence-corrected chi connectivity index (χ1v) is 8.59. The third-order valence-electron chi connectivity index (χ3n) is 3.92. The van der Waals surface area contributed by atoms with Gasteiger partial charge >= 0.3 is 5.97 Å². The minimum Gasteiger partial charge on any atom is -0.463 e. The van der Waals surface area contributed by atoms with Gasteiger partial charge in [0.2, 0.25) is 0 Å². The fraction of sp³-hybridized carbons (Fsp3) is 0.316. The van der Waals surface area contributed by atoms with Crippen molar-refractivity contribution < 1.29 is 19.2 Å². The topological polar surface area (TPSA) is 121 Å². The molecular formula is C19H21N3O6. The van der Waals surface area contributed by atoms with E-state index in [1.54, 1.807) is 27.0 Å². The van der Waals surface area contributed by atoms with Crippen molar-refractivity contribution in [1.82, 2.24) is 9.88 Å². The molecule has 0 saturated heterocycles. The van der Waals surface area contributed by atoms with E-state index in [0.29, 0.717) is 0 Å². The van der Waals surface area contributed by atoms with Gasteiger partial charge in [-0.3, -0.25) is 24.5 Å². The second-order valence-corrected chi connectivity index (χ2v) is 6.45. The summed E-state index contributed by atoms with van der Waals surface area (Å²) < 4.78 is 6.41. The Morgan fingerprint density at radius 1 is 1.25 bits per heavy atom. The van der Waals surface area contributed by atoms with Crippen LogP contribution in [-0.4, -0.2) is 27.5 Å². The lowest BCUT2D eigenvalue weighted by molar-refractivity contribution is -0.385. The number of nitro benzene ring substituents is 1. The average molecular weight is 387 g/mol. The van der Waals surface area contributed by atoms with Gasteiger partial charge in [0.25, 0.3) is 17.2 Å². The molecule has 0 radical (unpaired) electrons. The maximum absolute atomic E-state index is 12.6.